The van der Waals surface area contributed by atoms with Crippen LogP contribution in [-0.2, 0) is 11.3 Å². The summed E-state index contributed by atoms with van der Waals surface area (Å²) in [5.41, 5.74) is 7.43. The lowest BCUT2D eigenvalue weighted by Gasteiger charge is -2.23. The Labute approximate surface area is 151 Å². The molecule has 1 aromatic heterocycles. The number of anilines is 2. The molecule has 0 saturated heterocycles. The number of amides is 2. The lowest BCUT2D eigenvalue weighted by Crippen LogP contribution is -2.36. The van der Waals surface area contributed by atoms with Gasteiger partial charge in [-0.25, -0.2) is 4.68 Å². The number of nitrogens with one attached hydrogen (secondary N) is 2. The molecule has 0 bridgehead atoms. The van der Waals surface area contributed by atoms with Gasteiger partial charge in [0.2, 0.25) is 11.9 Å². The average molecular weight is 357 g/mol. The van der Waals surface area contributed by atoms with E-state index in [9.17, 15) is 9.59 Å². The maximum absolute atomic E-state index is 12.6. The van der Waals surface area contributed by atoms with Crippen LogP contribution in [0.5, 0.6) is 0 Å². The van der Waals surface area contributed by atoms with Crippen LogP contribution in [0.4, 0.5) is 11.6 Å². The monoisotopic (exact) mass is 357 g/mol. The van der Waals surface area contributed by atoms with Crippen molar-refractivity contribution in [2.24, 2.45) is 0 Å². The van der Waals surface area contributed by atoms with E-state index in [0.29, 0.717) is 11.3 Å². The number of benzene rings is 1. The summed E-state index contributed by atoms with van der Waals surface area (Å²) in [7, 11) is 0. The van der Waals surface area contributed by atoms with E-state index in [2.05, 4.69) is 26.2 Å². The van der Waals surface area contributed by atoms with Crippen molar-refractivity contribution in [3.05, 3.63) is 29.3 Å². The van der Waals surface area contributed by atoms with Crippen LogP contribution in [0.2, 0.25) is 0 Å². The molecule has 9 nitrogen and oxygen atoms in total. The molecule has 3 rings (SSSR count). The van der Waals surface area contributed by atoms with E-state index >= 15 is 0 Å². The van der Waals surface area contributed by atoms with Crippen LogP contribution in [0.1, 0.15) is 48.0 Å². The summed E-state index contributed by atoms with van der Waals surface area (Å²) in [4.78, 5) is 24.8. The van der Waals surface area contributed by atoms with Gasteiger partial charge in [0.15, 0.2) is 0 Å². The Morgan fingerprint density at radius 3 is 2.73 bits per heavy atom. The summed E-state index contributed by atoms with van der Waals surface area (Å²) in [6, 6.07) is 5.51. The third-order valence-electron chi connectivity index (χ3n) is 4.65. The SMILES string of the molecule is Cc1c(NC(=O)Cn2nnnc2N)cccc1C(=O)NC1CCCCC1. The molecular weight excluding hydrogens is 334 g/mol. The molecule has 1 aliphatic rings. The summed E-state index contributed by atoms with van der Waals surface area (Å²) >= 11 is 0. The number of nitrogens with two attached hydrogens (primary N) is 1. The highest BCUT2D eigenvalue weighted by Gasteiger charge is 2.19. The second-order valence-corrected chi connectivity index (χ2v) is 6.53. The van der Waals surface area contributed by atoms with E-state index in [0.717, 1.165) is 31.2 Å². The molecule has 26 heavy (non-hydrogen) atoms. The lowest BCUT2D eigenvalue weighted by molar-refractivity contribution is -0.116. The van der Waals surface area contributed by atoms with Crippen molar-refractivity contribution in [1.82, 2.24) is 25.5 Å². The topological polar surface area (TPSA) is 128 Å². The first-order valence-corrected chi connectivity index (χ1v) is 8.76. The molecule has 2 amide bonds. The molecule has 0 aliphatic heterocycles. The van der Waals surface area contributed by atoms with Crippen LogP contribution < -0.4 is 16.4 Å². The van der Waals surface area contributed by atoms with Crippen molar-refractivity contribution in [3.63, 3.8) is 0 Å². The standard InChI is InChI=1S/C17H23N7O2/c1-11-13(16(26)19-12-6-3-2-4-7-12)8-5-9-14(11)20-15(25)10-24-17(18)21-22-23-24/h5,8-9,12H,2-4,6-7,10H2,1H3,(H,19,26)(H,20,25)(H2,18,21,23). The fraction of sp³-hybridized carbons (Fsp3) is 0.471. The molecule has 1 fully saturated rings. The molecule has 0 spiro atoms. The van der Waals surface area contributed by atoms with Crippen molar-refractivity contribution in [1.29, 1.82) is 0 Å². The summed E-state index contributed by atoms with van der Waals surface area (Å²) in [5.74, 6) is -0.357. The molecule has 138 valence electrons. The van der Waals surface area contributed by atoms with Gasteiger partial charge in [-0.05, 0) is 47.9 Å². The summed E-state index contributed by atoms with van der Waals surface area (Å²) in [6.45, 7) is 1.72. The molecule has 1 aliphatic carbocycles. The Kier molecular flexibility index (Phi) is 5.45. The Hall–Kier alpha value is -2.97. The van der Waals surface area contributed by atoms with Crippen LogP contribution in [0.15, 0.2) is 18.2 Å². The van der Waals surface area contributed by atoms with Gasteiger partial charge in [-0.2, -0.15) is 0 Å². The number of hydrogen-bond acceptors (Lipinski definition) is 6. The highest BCUT2D eigenvalue weighted by atomic mass is 16.2. The third-order valence-corrected chi connectivity index (χ3v) is 4.65. The Morgan fingerprint density at radius 2 is 2.04 bits per heavy atom. The van der Waals surface area contributed by atoms with E-state index in [4.69, 9.17) is 5.73 Å². The highest BCUT2D eigenvalue weighted by molar-refractivity contribution is 5.99. The third kappa shape index (κ3) is 4.16. The zero-order valence-corrected chi connectivity index (χ0v) is 14.7. The van der Waals surface area contributed by atoms with Crippen molar-refractivity contribution in [2.75, 3.05) is 11.1 Å². The van der Waals surface area contributed by atoms with Crippen LogP contribution >= 0.6 is 0 Å². The van der Waals surface area contributed by atoms with Crippen molar-refractivity contribution >= 4 is 23.5 Å². The molecular formula is C17H23N7O2. The van der Waals surface area contributed by atoms with Crippen LogP contribution in [-0.4, -0.2) is 38.1 Å². The number of carbonyl (C=O) groups excluding carboxylic acids is 2. The van der Waals surface area contributed by atoms with E-state index in [1.54, 1.807) is 18.2 Å². The highest BCUT2D eigenvalue weighted by Crippen LogP contribution is 2.21. The normalized spacial score (nSPS) is 14.8. The number of hydrogen-bond donors (Lipinski definition) is 3. The van der Waals surface area contributed by atoms with Gasteiger partial charge in [0, 0.05) is 17.3 Å². The first-order valence-electron chi connectivity index (χ1n) is 8.76. The van der Waals surface area contributed by atoms with Crippen molar-refractivity contribution in [3.8, 4) is 0 Å². The molecule has 2 aromatic rings. The average Bonchev–Trinajstić information content (AvgIpc) is 3.02. The fourth-order valence-corrected chi connectivity index (χ4v) is 3.18. The lowest BCUT2D eigenvalue weighted by atomic mass is 9.95. The minimum Gasteiger partial charge on any atom is -0.367 e. The number of nitrogens with zero attached hydrogens (tertiary/aromatic N) is 4. The van der Waals surface area contributed by atoms with E-state index in [1.165, 1.54) is 11.1 Å². The number of nitrogen functional groups attached to an aromatic ring is 1. The first-order chi connectivity index (χ1) is 12.5. The largest absolute Gasteiger partial charge is 0.367 e. The van der Waals surface area contributed by atoms with Crippen LogP contribution in [0.25, 0.3) is 0 Å². The van der Waals surface area contributed by atoms with E-state index in [-0.39, 0.29) is 30.3 Å². The van der Waals surface area contributed by atoms with Gasteiger partial charge >= 0.3 is 0 Å². The zero-order valence-electron chi connectivity index (χ0n) is 14.7. The second kappa shape index (κ2) is 7.94. The maximum Gasteiger partial charge on any atom is 0.251 e. The predicted octanol–water partition coefficient (Wildman–Crippen LogP) is 1.26. The summed E-state index contributed by atoms with van der Waals surface area (Å²) in [6.07, 6.45) is 5.59. The van der Waals surface area contributed by atoms with Crippen molar-refractivity contribution < 1.29 is 9.59 Å². The van der Waals surface area contributed by atoms with Crippen LogP contribution in [0.3, 0.4) is 0 Å². The zero-order chi connectivity index (χ0) is 18.5. The second-order valence-electron chi connectivity index (χ2n) is 6.53. The minimum absolute atomic E-state index is 0.0671. The van der Waals surface area contributed by atoms with Gasteiger partial charge in [-0.3, -0.25) is 9.59 Å². The Balaban J connectivity index is 1.67. The summed E-state index contributed by atoms with van der Waals surface area (Å²) in [5, 5.41) is 16.5. The quantitative estimate of drug-likeness (QED) is 0.739. The van der Waals surface area contributed by atoms with Gasteiger partial charge in [0.1, 0.15) is 6.54 Å². The summed E-state index contributed by atoms with van der Waals surface area (Å²) < 4.78 is 1.20. The smallest absolute Gasteiger partial charge is 0.251 e. The molecule has 0 unspecified atom stereocenters. The van der Waals surface area contributed by atoms with Gasteiger partial charge in [0.05, 0.1) is 0 Å². The number of carbonyl (C=O) groups is 2. The van der Waals surface area contributed by atoms with Gasteiger partial charge in [0.25, 0.3) is 5.91 Å². The molecule has 0 atom stereocenters. The number of aromatic nitrogens is 4. The molecule has 9 heteroatoms. The Bertz CT molecular complexity index is 796. The van der Waals surface area contributed by atoms with E-state index in [1.807, 2.05) is 6.92 Å². The molecule has 0 radical (unpaired) electrons. The molecule has 1 heterocycles. The van der Waals surface area contributed by atoms with Gasteiger partial charge in [-0.15, -0.1) is 0 Å². The van der Waals surface area contributed by atoms with E-state index < -0.39 is 0 Å². The van der Waals surface area contributed by atoms with Gasteiger partial charge < -0.3 is 16.4 Å². The molecule has 4 N–H and O–H groups in total. The van der Waals surface area contributed by atoms with Gasteiger partial charge in [-0.1, -0.05) is 30.4 Å². The molecule has 1 saturated carbocycles. The number of tetrazole rings is 1. The predicted molar refractivity (Wildman–Crippen MR) is 96.4 cm³/mol. The Morgan fingerprint density at radius 1 is 1.27 bits per heavy atom. The molecule has 1 aromatic carbocycles. The number of rotatable bonds is 5. The van der Waals surface area contributed by atoms with Crippen molar-refractivity contribution in [2.45, 2.75) is 51.6 Å². The fourth-order valence-electron chi connectivity index (χ4n) is 3.18. The van der Waals surface area contributed by atoms with Crippen LogP contribution in [0, 0.1) is 6.92 Å². The maximum atomic E-state index is 12.6. The first kappa shape index (κ1) is 17.8. The minimum atomic E-state index is -0.322.